The zero-order valence-corrected chi connectivity index (χ0v) is 19.8. The van der Waals surface area contributed by atoms with E-state index in [0.29, 0.717) is 6.42 Å². The molecule has 1 amide bonds. The minimum atomic E-state index is 0.0803. The molecule has 5 heteroatoms. The van der Waals surface area contributed by atoms with Crippen molar-refractivity contribution in [1.29, 1.82) is 0 Å². The Hall–Kier alpha value is -1.36. The van der Waals surface area contributed by atoms with Gasteiger partial charge in [-0.3, -0.25) is 14.8 Å². The van der Waals surface area contributed by atoms with Gasteiger partial charge >= 0.3 is 0 Å². The van der Waals surface area contributed by atoms with Gasteiger partial charge in [0.1, 0.15) is 0 Å². The molecule has 170 valence electrons. The smallest absolute Gasteiger partial charge is 0.223 e. The highest BCUT2D eigenvalue weighted by Gasteiger charge is 2.28. The quantitative estimate of drug-likeness (QED) is 0.681. The average molecular weight is 417 g/mol. The number of nitrogens with one attached hydrogen (secondary N) is 2. The maximum absolute atomic E-state index is 12.6. The van der Waals surface area contributed by atoms with Gasteiger partial charge in [-0.25, -0.2) is 0 Å². The Labute approximate surface area is 183 Å². The van der Waals surface area contributed by atoms with E-state index >= 15 is 0 Å². The van der Waals surface area contributed by atoms with Crippen molar-refractivity contribution in [1.82, 2.24) is 20.4 Å². The van der Waals surface area contributed by atoms with Crippen LogP contribution in [0.4, 0.5) is 0 Å². The predicted octanol–water partition coefficient (Wildman–Crippen LogP) is 5.34. The van der Waals surface area contributed by atoms with Crippen LogP contribution in [0.3, 0.4) is 0 Å². The Morgan fingerprint density at radius 3 is 2.17 bits per heavy atom. The van der Waals surface area contributed by atoms with Gasteiger partial charge in [-0.2, -0.15) is 5.10 Å². The average Bonchev–Trinajstić information content (AvgIpc) is 3.00. The summed E-state index contributed by atoms with van der Waals surface area (Å²) in [6, 6.07) is 0.0803. The first-order valence-electron chi connectivity index (χ1n) is 12.5. The number of carbonyl (C=O) groups excluding carboxylic acids is 1. The van der Waals surface area contributed by atoms with E-state index in [0.717, 1.165) is 36.2 Å². The summed E-state index contributed by atoms with van der Waals surface area (Å²) in [6.07, 6.45) is 15.7. The summed E-state index contributed by atoms with van der Waals surface area (Å²) in [7, 11) is 0. The van der Waals surface area contributed by atoms with E-state index in [-0.39, 0.29) is 18.1 Å². The van der Waals surface area contributed by atoms with Crippen LogP contribution in [0.1, 0.15) is 107 Å². The summed E-state index contributed by atoms with van der Waals surface area (Å²) in [5, 5.41) is 11.5. The summed E-state index contributed by atoms with van der Waals surface area (Å²) in [5.74, 6) is 1.79. The van der Waals surface area contributed by atoms with E-state index in [1.54, 1.807) is 0 Å². The van der Waals surface area contributed by atoms with E-state index in [4.69, 9.17) is 0 Å². The van der Waals surface area contributed by atoms with E-state index in [1.807, 2.05) is 11.6 Å². The molecule has 1 aliphatic carbocycles. The number of amides is 1. The Morgan fingerprint density at radius 2 is 1.63 bits per heavy atom. The van der Waals surface area contributed by atoms with E-state index < -0.39 is 0 Å². The Morgan fingerprint density at radius 1 is 1.00 bits per heavy atom. The number of hydrogen-bond donors (Lipinski definition) is 2. The third-order valence-corrected chi connectivity index (χ3v) is 7.69. The topological polar surface area (TPSA) is 59.0 Å². The molecule has 3 atom stereocenters. The molecule has 1 aliphatic heterocycles. The Balaban J connectivity index is 1.43. The second-order valence-electron chi connectivity index (χ2n) is 9.97. The van der Waals surface area contributed by atoms with E-state index in [1.165, 1.54) is 69.8 Å². The molecule has 1 aromatic heterocycles. The molecule has 1 aromatic rings. The summed E-state index contributed by atoms with van der Waals surface area (Å²) >= 11 is 0. The molecular formula is C25H44N4O. The molecule has 2 unspecified atom stereocenters. The fourth-order valence-corrected chi connectivity index (χ4v) is 5.50. The highest BCUT2D eigenvalue weighted by Crippen LogP contribution is 2.31. The molecule has 0 bridgehead atoms. The number of aryl methyl sites for hydroxylation is 1. The second-order valence-corrected chi connectivity index (χ2v) is 9.97. The largest absolute Gasteiger partial charge is 0.341 e. The van der Waals surface area contributed by atoms with Crippen molar-refractivity contribution in [3.05, 3.63) is 17.0 Å². The minimum Gasteiger partial charge on any atom is -0.341 e. The summed E-state index contributed by atoms with van der Waals surface area (Å²) in [6.45, 7) is 9.37. The lowest BCUT2D eigenvalue weighted by Crippen LogP contribution is -2.51. The molecule has 1 saturated carbocycles. The van der Waals surface area contributed by atoms with Crippen LogP contribution in [0.25, 0.3) is 0 Å². The summed E-state index contributed by atoms with van der Waals surface area (Å²) in [4.78, 5) is 12.6. The fourth-order valence-electron chi connectivity index (χ4n) is 5.50. The summed E-state index contributed by atoms with van der Waals surface area (Å²) in [5.41, 5.74) is 3.44. The van der Waals surface area contributed by atoms with Gasteiger partial charge in [0.15, 0.2) is 0 Å². The van der Waals surface area contributed by atoms with Gasteiger partial charge < -0.3 is 5.32 Å². The van der Waals surface area contributed by atoms with Gasteiger partial charge in [-0.1, -0.05) is 57.8 Å². The first-order chi connectivity index (χ1) is 14.5. The van der Waals surface area contributed by atoms with Crippen molar-refractivity contribution in [2.24, 2.45) is 11.8 Å². The van der Waals surface area contributed by atoms with Crippen LogP contribution in [0.15, 0.2) is 0 Å². The number of aromatic nitrogens is 2. The van der Waals surface area contributed by atoms with Crippen molar-refractivity contribution in [3.8, 4) is 0 Å². The maximum atomic E-state index is 12.6. The van der Waals surface area contributed by atoms with Crippen LogP contribution in [0.5, 0.6) is 0 Å². The number of hydrogen-bond acceptors (Lipinski definition) is 3. The molecule has 0 aromatic carbocycles. The third-order valence-electron chi connectivity index (χ3n) is 7.69. The molecule has 3 rings (SSSR count). The second kappa shape index (κ2) is 11.3. The molecule has 0 spiro atoms. The highest BCUT2D eigenvalue weighted by molar-refractivity contribution is 5.76. The van der Waals surface area contributed by atoms with Gasteiger partial charge in [0.05, 0.1) is 17.9 Å². The molecule has 0 radical (unpaired) electrons. The lowest BCUT2D eigenvalue weighted by atomic mass is 9.79. The lowest BCUT2D eigenvalue weighted by Gasteiger charge is -2.35. The molecule has 2 fully saturated rings. The van der Waals surface area contributed by atoms with E-state index in [9.17, 15) is 4.79 Å². The number of piperidine rings is 1. The van der Waals surface area contributed by atoms with Crippen LogP contribution in [-0.2, 0) is 4.79 Å². The van der Waals surface area contributed by atoms with Crippen molar-refractivity contribution < 1.29 is 4.79 Å². The van der Waals surface area contributed by atoms with Crippen molar-refractivity contribution in [2.45, 2.75) is 117 Å². The van der Waals surface area contributed by atoms with Crippen LogP contribution in [-0.4, -0.2) is 28.4 Å². The van der Waals surface area contributed by atoms with Crippen LogP contribution >= 0.6 is 0 Å². The predicted molar refractivity (Wildman–Crippen MR) is 123 cm³/mol. The zero-order chi connectivity index (χ0) is 21.5. The van der Waals surface area contributed by atoms with Gasteiger partial charge in [0, 0.05) is 18.7 Å². The Bertz CT molecular complexity index is 665. The van der Waals surface area contributed by atoms with Gasteiger partial charge in [0.25, 0.3) is 0 Å². The standard InChI is InChI=1S/C25H44N4O/c1-18(29-21(4)19(2)20(3)28-29)16-25(30)27-24-15-14-23(17-26-24)22-12-10-8-6-5-7-9-11-13-22/h18,22-24,26H,5-17H2,1-4H3,(H,27,30)/t18-,23?,24?/m1/s1. The van der Waals surface area contributed by atoms with Crippen LogP contribution in [0, 0.1) is 32.6 Å². The minimum absolute atomic E-state index is 0.0803. The van der Waals surface area contributed by atoms with Crippen molar-refractivity contribution in [2.75, 3.05) is 6.54 Å². The molecule has 2 N–H and O–H groups in total. The molecule has 5 nitrogen and oxygen atoms in total. The third kappa shape index (κ3) is 6.32. The number of nitrogens with zero attached hydrogens (tertiary/aromatic N) is 2. The summed E-state index contributed by atoms with van der Waals surface area (Å²) < 4.78 is 2.01. The fraction of sp³-hybridized carbons (Fsp3) is 0.840. The van der Waals surface area contributed by atoms with Crippen molar-refractivity contribution in [3.63, 3.8) is 0 Å². The molecule has 2 heterocycles. The van der Waals surface area contributed by atoms with Crippen LogP contribution < -0.4 is 10.6 Å². The zero-order valence-electron chi connectivity index (χ0n) is 19.8. The molecule has 2 aliphatic rings. The first-order valence-corrected chi connectivity index (χ1v) is 12.5. The molecular weight excluding hydrogens is 372 g/mol. The van der Waals surface area contributed by atoms with Crippen molar-refractivity contribution >= 4 is 5.91 Å². The van der Waals surface area contributed by atoms with Gasteiger partial charge in [-0.05, 0) is 57.9 Å². The molecule has 30 heavy (non-hydrogen) atoms. The normalized spacial score (nSPS) is 25.6. The Kier molecular flexibility index (Phi) is 8.79. The lowest BCUT2D eigenvalue weighted by molar-refractivity contribution is -0.123. The van der Waals surface area contributed by atoms with Gasteiger partial charge in [0.2, 0.25) is 5.91 Å². The monoisotopic (exact) mass is 416 g/mol. The van der Waals surface area contributed by atoms with Crippen LogP contribution in [0.2, 0.25) is 0 Å². The molecule has 1 saturated heterocycles. The SMILES string of the molecule is Cc1nn([C@H](C)CC(=O)NC2CCC(C3CCCCCCCCC3)CN2)c(C)c1C. The maximum Gasteiger partial charge on any atom is 0.223 e. The van der Waals surface area contributed by atoms with Gasteiger partial charge in [-0.15, -0.1) is 0 Å². The highest BCUT2D eigenvalue weighted by atomic mass is 16.1. The first kappa shape index (κ1) is 23.3. The van der Waals surface area contributed by atoms with E-state index in [2.05, 4.69) is 36.5 Å². The number of rotatable bonds is 5. The number of carbonyl (C=O) groups is 1.